The van der Waals surface area contributed by atoms with E-state index in [1.807, 2.05) is 31.2 Å². The summed E-state index contributed by atoms with van der Waals surface area (Å²) in [6.45, 7) is 4.04. The SMILES string of the molecule is CCc1cccc(C)c1NC(=O)Cn1nnc(-c2cccnc2)n1. The zero-order chi connectivity index (χ0) is 16.9. The van der Waals surface area contributed by atoms with Gasteiger partial charge >= 0.3 is 0 Å². The number of tetrazole rings is 1. The molecule has 0 bridgehead atoms. The molecule has 2 aromatic heterocycles. The maximum Gasteiger partial charge on any atom is 0.248 e. The highest BCUT2D eigenvalue weighted by molar-refractivity contribution is 5.92. The zero-order valence-electron chi connectivity index (χ0n) is 13.6. The molecule has 122 valence electrons. The lowest BCUT2D eigenvalue weighted by molar-refractivity contribution is -0.117. The second-order valence-electron chi connectivity index (χ2n) is 5.40. The number of aromatic nitrogens is 5. The number of benzene rings is 1. The van der Waals surface area contributed by atoms with Gasteiger partial charge in [-0.2, -0.15) is 4.80 Å². The van der Waals surface area contributed by atoms with E-state index in [0.29, 0.717) is 5.82 Å². The first-order valence-corrected chi connectivity index (χ1v) is 7.74. The minimum Gasteiger partial charge on any atom is -0.324 e. The fraction of sp³-hybridized carbons (Fsp3) is 0.235. The number of hydrogen-bond donors (Lipinski definition) is 1. The van der Waals surface area contributed by atoms with Crippen LogP contribution in [0.4, 0.5) is 5.69 Å². The first-order chi connectivity index (χ1) is 11.7. The van der Waals surface area contributed by atoms with Gasteiger partial charge in [0.25, 0.3) is 0 Å². The van der Waals surface area contributed by atoms with E-state index >= 15 is 0 Å². The Bertz CT molecular complexity index is 843. The smallest absolute Gasteiger partial charge is 0.248 e. The van der Waals surface area contributed by atoms with Gasteiger partial charge in [0.2, 0.25) is 11.7 Å². The van der Waals surface area contributed by atoms with Gasteiger partial charge in [-0.3, -0.25) is 9.78 Å². The van der Waals surface area contributed by atoms with E-state index in [1.54, 1.807) is 18.5 Å². The van der Waals surface area contributed by atoms with Crippen LogP contribution in [-0.2, 0) is 17.8 Å². The number of anilines is 1. The van der Waals surface area contributed by atoms with Crippen molar-refractivity contribution in [2.24, 2.45) is 0 Å². The van der Waals surface area contributed by atoms with Crippen molar-refractivity contribution in [3.63, 3.8) is 0 Å². The lowest BCUT2D eigenvalue weighted by Gasteiger charge is -2.12. The lowest BCUT2D eigenvalue weighted by atomic mass is 10.1. The van der Waals surface area contributed by atoms with Crippen LogP contribution in [0.5, 0.6) is 0 Å². The molecule has 0 unspecified atom stereocenters. The summed E-state index contributed by atoms with van der Waals surface area (Å²) in [5.41, 5.74) is 3.75. The summed E-state index contributed by atoms with van der Waals surface area (Å²) in [5.74, 6) is 0.259. The number of nitrogens with one attached hydrogen (secondary N) is 1. The summed E-state index contributed by atoms with van der Waals surface area (Å²) >= 11 is 0. The van der Waals surface area contributed by atoms with E-state index in [1.165, 1.54) is 4.80 Å². The normalized spacial score (nSPS) is 10.6. The lowest BCUT2D eigenvalue weighted by Crippen LogP contribution is -2.21. The summed E-state index contributed by atoms with van der Waals surface area (Å²) in [6.07, 6.45) is 4.18. The molecule has 0 spiro atoms. The second-order valence-corrected chi connectivity index (χ2v) is 5.40. The Kier molecular flexibility index (Phi) is 4.60. The van der Waals surface area contributed by atoms with E-state index in [4.69, 9.17) is 0 Å². The van der Waals surface area contributed by atoms with Crippen molar-refractivity contribution in [2.45, 2.75) is 26.8 Å². The molecule has 1 aromatic carbocycles. The van der Waals surface area contributed by atoms with Crippen molar-refractivity contribution in [3.8, 4) is 11.4 Å². The zero-order valence-corrected chi connectivity index (χ0v) is 13.6. The van der Waals surface area contributed by atoms with Crippen molar-refractivity contribution in [1.82, 2.24) is 25.2 Å². The highest BCUT2D eigenvalue weighted by atomic mass is 16.2. The molecule has 1 N–H and O–H groups in total. The molecule has 0 fully saturated rings. The maximum atomic E-state index is 12.3. The molecular weight excluding hydrogens is 304 g/mol. The van der Waals surface area contributed by atoms with Gasteiger partial charge in [0.15, 0.2) is 0 Å². The standard InChI is InChI=1S/C17H18N6O/c1-3-13-7-4-6-12(2)16(13)19-15(24)11-23-21-17(20-22-23)14-8-5-9-18-10-14/h4-10H,3,11H2,1-2H3,(H,19,24). The number of aryl methyl sites for hydroxylation is 2. The summed E-state index contributed by atoms with van der Waals surface area (Å²) in [6, 6.07) is 9.62. The third-order valence-electron chi connectivity index (χ3n) is 3.66. The Morgan fingerprint density at radius 1 is 1.25 bits per heavy atom. The number of carbonyl (C=O) groups is 1. The Morgan fingerprint density at radius 3 is 2.88 bits per heavy atom. The fourth-order valence-electron chi connectivity index (χ4n) is 2.43. The van der Waals surface area contributed by atoms with Gasteiger partial charge in [-0.1, -0.05) is 25.1 Å². The van der Waals surface area contributed by atoms with Gasteiger partial charge in [0.1, 0.15) is 6.54 Å². The van der Waals surface area contributed by atoms with E-state index in [9.17, 15) is 4.79 Å². The molecule has 0 saturated carbocycles. The van der Waals surface area contributed by atoms with Gasteiger partial charge in [-0.15, -0.1) is 10.2 Å². The minimum absolute atomic E-state index is 0.00471. The number of hydrogen-bond acceptors (Lipinski definition) is 5. The summed E-state index contributed by atoms with van der Waals surface area (Å²) in [7, 11) is 0. The highest BCUT2D eigenvalue weighted by Crippen LogP contribution is 2.21. The Hall–Kier alpha value is -3.09. The molecule has 2 heterocycles. The molecule has 0 aliphatic rings. The van der Waals surface area contributed by atoms with Crippen LogP contribution in [-0.4, -0.2) is 31.1 Å². The van der Waals surface area contributed by atoms with Crippen LogP contribution in [0, 0.1) is 6.92 Å². The van der Waals surface area contributed by atoms with Crippen molar-refractivity contribution in [1.29, 1.82) is 0 Å². The molecule has 24 heavy (non-hydrogen) atoms. The molecule has 7 nitrogen and oxygen atoms in total. The number of carbonyl (C=O) groups excluding carboxylic acids is 1. The molecule has 3 aromatic rings. The van der Waals surface area contributed by atoms with Crippen molar-refractivity contribution < 1.29 is 4.79 Å². The van der Waals surface area contributed by atoms with Gasteiger partial charge in [-0.25, -0.2) is 0 Å². The van der Waals surface area contributed by atoms with Crippen LogP contribution in [0.2, 0.25) is 0 Å². The van der Waals surface area contributed by atoms with Crippen molar-refractivity contribution >= 4 is 11.6 Å². The Labute approximate surface area is 139 Å². The molecule has 3 rings (SSSR count). The average molecular weight is 322 g/mol. The number of nitrogens with zero attached hydrogens (tertiary/aromatic N) is 5. The van der Waals surface area contributed by atoms with E-state index in [2.05, 4.69) is 32.6 Å². The third kappa shape index (κ3) is 3.45. The van der Waals surface area contributed by atoms with Gasteiger partial charge in [0.05, 0.1) is 0 Å². The van der Waals surface area contributed by atoms with Crippen LogP contribution in [0.3, 0.4) is 0 Å². The molecule has 7 heteroatoms. The Balaban J connectivity index is 1.71. The van der Waals surface area contributed by atoms with Gasteiger partial charge in [0, 0.05) is 23.6 Å². The quantitative estimate of drug-likeness (QED) is 0.778. The molecule has 1 amide bonds. The monoisotopic (exact) mass is 322 g/mol. The second kappa shape index (κ2) is 6.99. The summed E-state index contributed by atoms with van der Waals surface area (Å²) < 4.78 is 0. The van der Waals surface area contributed by atoms with Crippen molar-refractivity contribution in [3.05, 3.63) is 53.9 Å². The van der Waals surface area contributed by atoms with Crippen LogP contribution in [0.1, 0.15) is 18.1 Å². The largest absolute Gasteiger partial charge is 0.324 e. The average Bonchev–Trinajstić information content (AvgIpc) is 3.06. The van der Waals surface area contributed by atoms with E-state index in [0.717, 1.165) is 28.8 Å². The number of para-hydroxylation sites is 1. The third-order valence-corrected chi connectivity index (χ3v) is 3.66. The number of pyridine rings is 1. The van der Waals surface area contributed by atoms with Crippen molar-refractivity contribution in [2.75, 3.05) is 5.32 Å². The Morgan fingerprint density at radius 2 is 2.12 bits per heavy atom. The molecule has 0 aliphatic carbocycles. The summed E-state index contributed by atoms with van der Waals surface area (Å²) in [5, 5.41) is 15.1. The van der Waals surface area contributed by atoms with Crippen LogP contribution in [0.15, 0.2) is 42.7 Å². The number of rotatable bonds is 5. The molecule has 0 saturated heterocycles. The minimum atomic E-state index is -0.186. The predicted octanol–water partition coefficient (Wildman–Crippen LogP) is 2.24. The number of amides is 1. The molecular formula is C17H18N6O. The molecule has 0 radical (unpaired) electrons. The topological polar surface area (TPSA) is 85.6 Å². The van der Waals surface area contributed by atoms with Gasteiger partial charge in [-0.05, 0) is 41.8 Å². The molecule has 0 atom stereocenters. The van der Waals surface area contributed by atoms with Crippen LogP contribution in [0.25, 0.3) is 11.4 Å². The van der Waals surface area contributed by atoms with Gasteiger partial charge < -0.3 is 5.32 Å². The van der Waals surface area contributed by atoms with Crippen LogP contribution >= 0.6 is 0 Å². The maximum absolute atomic E-state index is 12.3. The molecule has 0 aliphatic heterocycles. The predicted molar refractivity (Wildman–Crippen MR) is 90.2 cm³/mol. The first kappa shape index (κ1) is 15.8. The van der Waals surface area contributed by atoms with E-state index < -0.39 is 0 Å². The van der Waals surface area contributed by atoms with Crippen LogP contribution < -0.4 is 5.32 Å². The first-order valence-electron chi connectivity index (χ1n) is 7.74. The highest BCUT2D eigenvalue weighted by Gasteiger charge is 2.12. The summed E-state index contributed by atoms with van der Waals surface area (Å²) in [4.78, 5) is 17.6. The van der Waals surface area contributed by atoms with E-state index in [-0.39, 0.29) is 12.5 Å². The fourth-order valence-corrected chi connectivity index (χ4v) is 2.43.